The van der Waals surface area contributed by atoms with Crippen molar-refractivity contribution >= 4 is 11.9 Å². The van der Waals surface area contributed by atoms with Crippen LogP contribution in [0.25, 0.3) is 0 Å². The number of methoxy groups -OCH3 is 1. The van der Waals surface area contributed by atoms with Crippen molar-refractivity contribution in [1.29, 1.82) is 0 Å². The topological polar surface area (TPSA) is 46.6 Å². The molecule has 0 aromatic heterocycles. The number of amides is 1. The summed E-state index contributed by atoms with van der Waals surface area (Å²) in [5, 5.41) is 0. The quantitative estimate of drug-likeness (QED) is 0.515. The van der Waals surface area contributed by atoms with Gasteiger partial charge in [-0.05, 0) is 18.3 Å². The number of esters is 1. The van der Waals surface area contributed by atoms with E-state index in [0.29, 0.717) is 0 Å². The zero-order valence-electron chi connectivity index (χ0n) is 9.42. The van der Waals surface area contributed by atoms with Gasteiger partial charge < -0.3 is 9.64 Å². The van der Waals surface area contributed by atoms with Gasteiger partial charge in [-0.25, -0.2) is 4.79 Å². The van der Waals surface area contributed by atoms with Gasteiger partial charge in [-0.1, -0.05) is 12.2 Å². The minimum absolute atomic E-state index is 0.0993. The summed E-state index contributed by atoms with van der Waals surface area (Å²) in [6, 6.07) is 0. The van der Waals surface area contributed by atoms with Crippen LogP contribution in [0.2, 0.25) is 0 Å². The van der Waals surface area contributed by atoms with E-state index in [1.165, 1.54) is 13.2 Å². The van der Waals surface area contributed by atoms with Crippen LogP contribution in [0.5, 0.6) is 0 Å². The molecule has 1 fully saturated rings. The number of carbonyl (C=O) groups is 2. The minimum atomic E-state index is -0.341. The average molecular weight is 221 g/mol. The van der Waals surface area contributed by atoms with Gasteiger partial charge in [0, 0.05) is 25.2 Å². The summed E-state index contributed by atoms with van der Waals surface area (Å²) in [7, 11) is 3.13. The van der Waals surface area contributed by atoms with Crippen LogP contribution in [0.1, 0.15) is 6.42 Å². The first kappa shape index (κ1) is 10.9. The molecule has 2 rings (SSSR count). The van der Waals surface area contributed by atoms with E-state index in [1.807, 2.05) is 18.4 Å². The maximum Gasteiger partial charge on any atom is 0.330 e. The van der Waals surface area contributed by atoms with Gasteiger partial charge in [0.05, 0.1) is 7.11 Å². The molecule has 4 nitrogen and oxygen atoms in total. The highest BCUT2D eigenvalue weighted by atomic mass is 16.5. The Bertz CT molecular complexity index is 372. The molecule has 0 N–H and O–H groups in total. The largest absolute Gasteiger partial charge is 0.466 e. The van der Waals surface area contributed by atoms with E-state index < -0.39 is 0 Å². The highest BCUT2D eigenvalue weighted by Gasteiger charge is 2.45. The van der Waals surface area contributed by atoms with E-state index in [-0.39, 0.29) is 29.6 Å². The van der Waals surface area contributed by atoms with Crippen molar-refractivity contribution < 1.29 is 14.3 Å². The standard InChI is InChI=1S/C12H15NO3/c1-13-6-5-9-8(3-4-11(14)16-2)7-10(9)12(13)15/h3-6,8-10H,7H2,1-2H3/b4-3+/t8-,9-,10+/m1/s1. The van der Waals surface area contributed by atoms with E-state index in [4.69, 9.17) is 0 Å². The van der Waals surface area contributed by atoms with Crippen LogP contribution in [0.4, 0.5) is 0 Å². The SMILES string of the molecule is COC(=O)/C=C/[C@@H]1C[C@@H]2C(=O)N(C)C=C[C@H]12. The molecule has 0 saturated heterocycles. The molecule has 4 heteroatoms. The number of hydrogen-bond acceptors (Lipinski definition) is 3. The molecule has 1 saturated carbocycles. The smallest absolute Gasteiger partial charge is 0.330 e. The van der Waals surface area contributed by atoms with Crippen molar-refractivity contribution in [2.75, 3.05) is 14.2 Å². The lowest BCUT2D eigenvalue weighted by Crippen LogP contribution is -2.47. The summed E-state index contributed by atoms with van der Waals surface area (Å²) in [5.41, 5.74) is 0. The molecule has 1 aliphatic heterocycles. The fourth-order valence-corrected chi connectivity index (χ4v) is 2.29. The van der Waals surface area contributed by atoms with Gasteiger partial charge in [0.15, 0.2) is 0 Å². The zero-order valence-corrected chi connectivity index (χ0v) is 9.42. The number of fused-ring (bicyclic) bond motifs is 1. The third-order valence-electron chi connectivity index (χ3n) is 3.36. The molecular weight excluding hydrogens is 206 g/mol. The first-order chi connectivity index (χ1) is 7.63. The Morgan fingerprint density at radius 2 is 2.38 bits per heavy atom. The summed E-state index contributed by atoms with van der Waals surface area (Å²) in [5.74, 6) is 0.479. The lowest BCUT2D eigenvalue weighted by molar-refractivity contribution is -0.139. The Hall–Kier alpha value is -1.58. The van der Waals surface area contributed by atoms with Crippen LogP contribution < -0.4 is 0 Å². The second kappa shape index (κ2) is 4.12. The summed E-state index contributed by atoms with van der Waals surface area (Å²) < 4.78 is 4.52. The molecule has 16 heavy (non-hydrogen) atoms. The van der Waals surface area contributed by atoms with Crippen LogP contribution in [0.3, 0.4) is 0 Å². The molecule has 0 aromatic carbocycles. The summed E-state index contributed by atoms with van der Waals surface area (Å²) in [6.45, 7) is 0. The van der Waals surface area contributed by atoms with Gasteiger partial charge >= 0.3 is 5.97 Å². The predicted octanol–water partition coefficient (Wildman–Crippen LogP) is 0.954. The molecule has 0 bridgehead atoms. The van der Waals surface area contributed by atoms with E-state index in [0.717, 1.165) is 6.42 Å². The predicted molar refractivity (Wildman–Crippen MR) is 58.2 cm³/mol. The molecule has 1 aliphatic carbocycles. The maximum atomic E-state index is 11.7. The number of hydrogen-bond donors (Lipinski definition) is 0. The Labute approximate surface area is 94.6 Å². The minimum Gasteiger partial charge on any atom is -0.466 e. The van der Waals surface area contributed by atoms with Crippen molar-refractivity contribution in [3.8, 4) is 0 Å². The van der Waals surface area contributed by atoms with Gasteiger partial charge in [-0.3, -0.25) is 4.79 Å². The lowest BCUT2D eigenvalue weighted by Gasteiger charge is -2.44. The molecule has 3 atom stereocenters. The third kappa shape index (κ3) is 1.75. The van der Waals surface area contributed by atoms with Crippen LogP contribution >= 0.6 is 0 Å². The van der Waals surface area contributed by atoms with E-state index >= 15 is 0 Å². The molecule has 2 aliphatic rings. The van der Waals surface area contributed by atoms with Gasteiger partial charge in [0.25, 0.3) is 0 Å². The molecule has 0 unspecified atom stereocenters. The van der Waals surface area contributed by atoms with Crippen LogP contribution in [-0.4, -0.2) is 30.9 Å². The Morgan fingerprint density at radius 1 is 1.62 bits per heavy atom. The second-order valence-electron chi connectivity index (χ2n) is 4.26. The summed E-state index contributed by atoms with van der Waals surface area (Å²) >= 11 is 0. The summed E-state index contributed by atoms with van der Waals surface area (Å²) in [4.78, 5) is 24.2. The second-order valence-corrected chi connectivity index (χ2v) is 4.26. The molecule has 86 valence electrons. The van der Waals surface area contributed by atoms with Gasteiger partial charge in [-0.2, -0.15) is 0 Å². The van der Waals surface area contributed by atoms with Crippen molar-refractivity contribution in [2.45, 2.75) is 6.42 Å². The number of allylic oxidation sites excluding steroid dienone is 2. The third-order valence-corrected chi connectivity index (χ3v) is 3.36. The first-order valence-corrected chi connectivity index (χ1v) is 5.34. The molecule has 0 aromatic rings. The molecule has 1 heterocycles. The van der Waals surface area contributed by atoms with Crippen molar-refractivity contribution in [3.63, 3.8) is 0 Å². The molecule has 0 radical (unpaired) electrons. The van der Waals surface area contributed by atoms with Crippen LogP contribution in [-0.2, 0) is 14.3 Å². The Balaban J connectivity index is 1.99. The lowest BCUT2D eigenvalue weighted by atomic mass is 9.63. The van der Waals surface area contributed by atoms with E-state index in [2.05, 4.69) is 4.74 Å². The van der Waals surface area contributed by atoms with Crippen molar-refractivity contribution in [2.24, 2.45) is 17.8 Å². The summed E-state index contributed by atoms with van der Waals surface area (Å²) in [6.07, 6.45) is 7.96. The van der Waals surface area contributed by atoms with Crippen LogP contribution in [0, 0.1) is 17.8 Å². The zero-order chi connectivity index (χ0) is 11.7. The number of rotatable bonds is 2. The molecular formula is C12H15NO3. The normalized spacial score (nSPS) is 32.5. The first-order valence-electron chi connectivity index (χ1n) is 5.34. The Morgan fingerprint density at radius 3 is 3.06 bits per heavy atom. The van der Waals surface area contributed by atoms with Crippen LogP contribution in [0.15, 0.2) is 24.4 Å². The van der Waals surface area contributed by atoms with Gasteiger partial charge in [-0.15, -0.1) is 0 Å². The van der Waals surface area contributed by atoms with E-state index in [1.54, 1.807) is 11.9 Å². The molecule has 0 spiro atoms. The monoisotopic (exact) mass is 221 g/mol. The number of ether oxygens (including phenoxy) is 1. The highest BCUT2D eigenvalue weighted by Crippen LogP contribution is 2.45. The fourth-order valence-electron chi connectivity index (χ4n) is 2.29. The van der Waals surface area contributed by atoms with Crippen molar-refractivity contribution in [3.05, 3.63) is 24.4 Å². The average Bonchev–Trinajstić information content (AvgIpc) is 2.25. The van der Waals surface area contributed by atoms with E-state index in [9.17, 15) is 9.59 Å². The number of carbonyl (C=O) groups excluding carboxylic acids is 2. The Kier molecular flexibility index (Phi) is 2.81. The highest BCUT2D eigenvalue weighted by molar-refractivity contribution is 5.83. The molecule has 1 amide bonds. The van der Waals surface area contributed by atoms with Gasteiger partial charge in [0.2, 0.25) is 5.91 Å². The fraction of sp³-hybridized carbons (Fsp3) is 0.500. The van der Waals surface area contributed by atoms with Crippen molar-refractivity contribution in [1.82, 2.24) is 4.90 Å². The van der Waals surface area contributed by atoms with Gasteiger partial charge in [0.1, 0.15) is 0 Å². The number of nitrogens with zero attached hydrogens (tertiary/aromatic N) is 1. The maximum absolute atomic E-state index is 11.7.